The fourth-order valence-electron chi connectivity index (χ4n) is 2.75. The molecule has 2 aromatic carbocycles. The maximum atomic E-state index is 13.9. The van der Waals surface area contributed by atoms with Gasteiger partial charge in [0.05, 0.1) is 5.56 Å². The summed E-state index contributed by atoms with van der Waals surface area (Å²) in [7, 11) is 0. The third kappa shape index (κ3) is 4.73. The Kier molecular flexibility index (Phi) is 5.73. The lowest BCUT2D eigenvalue weighted by atomic mass is 10.1. The highest BCUT2D eigenvalue weighted by Gasteiger charge is 2.35. The average Bonchev–Trinajstić information content (AvgIpc) is 2.61. The molecule has 156 valence electrons. The molecule has 0 radical (unpaired) electrons. The van der Waals surface area contributed by atoms with Gasteiger partial charge in [-0.05, 0) is 49.7 Å². The van der Waals surface area contributed by atoms with E-state index in [9.17, 15) is 26.7 Å². The Labute approximate surface area is 168 Å². The van der Waals surface area contributed by atoms with Gasteiger partial charge in [0.15, 0.2) is 0 Å². The molecule has 30 heavy (non-hydrogen) atoms. The zero-order valence-corrected chi connectivity index (χ0v) is 15.8. The van der Waals surface area contributed by atoms with Gasteiger partial charge in [0, 0.05) is 29.7 Å². The third-order valence-corrected chi connectivity index (χ3v) is 4.13. The number of hydrogen-bond acceptors (Lipinski definition) is 3. The number of aryl methyl sites for hydroxylation is 2. The molecular weight excluding hydrogens is 407 g/mol. The van der Waals surface area contributed by atoms with Crippen molar-refractivity contribution in [3.8, 4) is 11.5 Å². The molecule has 9 heteroatoms. The highest BCUT2D eigenvalue weighted by atomic mass is 19.4. The molecule has 0 saturated heterocycles. The quantitative estimate of drug-likeness (QED) is 0.522. The largest absolute Gasteiger partial charge is 0.457 e. The summed E-state index contributed by atoms with van der Waals surface area (Å²) in [5, 5.41) is 2.45. The number of aromatic nitrogens is 1. The molecule has 1 amide bonds. The number of alkyl halides is 3. The first-order chi connectivity index (χ1) is 14.0. The van der Waals surface area contributed by atoms with Crippen molar-refractivity contribution in [3.63, 3.8) is 0 Å². The van der Waals surface area contributed by atoms with Crippen molar-refractivity contribution < 1.29 is 31.5 Å². The van der Waals surface area contributed by atoms with Gasteiger partial charge in [-0.15, -0.1) is 0 Å². The number of nitrogens with one attached hydrogen (secondary N) is 1. The van der Waals surface area contributed by atoms with E-state index in [0.717, 1.165) is 6.07 Å². The zero-order valence-electron chi connectivity index (χ0n) is 15.8. The maximum absolute atomic E-state index is 13.9. The summed E-state index contributed by atoms with van der Waals surface area (Å²) in [6, 6.07) is 8.26. The van der Waals surface area contributed by atoms with Crippen LogP contribution in [0.4, 0.5) is 27.6 Å². The molecule has 1 aromatic heterocycles. The molecule has 0 aliphatic carbocycles. The SMILES string of the molecule is Cc1cc(Oc2ccc(NC(=O)c3c(C)cc(F)cc3F)cc2)c(C(F)(F)F)cn1. The van der Waals surface area contributed by atoms with E-state index in [4.69, 9.17) is 4.74 Å². The minimum absolute atomic E-state index is 0.0910. The normalized spacial score (nSPS) is 11.3. The topological polar surface area (TPSA) is 51.2 Å². The number of anilines is 1. The van der Waals surface area contributed by atoms with E-state index in [2.05, 4.69) is 10.3 Å². The van der Waals surface area contributed by atoms with Gasteiger partial charge in [0.2, 0.25) is 0 Å². The summed E-state index contributed by atoms with van der Waals surface area (Å²) in [4.78, 5) is 15.9. The highest BCUT2D eigenvalue weighted by Crippen LogP contribution is 2.38. The summed E-state index contributed by atoms with van der Waals surface area (Å²) < 4.78 is 71.8. The predicted molar refractivity (Wildman–Crippen MR) is 99.5 cm³/mol. The van der Waals surface area contributed by atoms with E-state index in [1.807, 2.05) is 0 Å². The molecular formula is C21H15F5N2O2. The molecule has 0 bridgehead atoms. The number of rotatable bonds is 4. The molecule has 0 atom stereocenters. The Bertz CT molecular complexity index is 1070. The summed E-state index contributed by atoms with van der Waals surface area (Å²) in [6.45, 7) is 2.93. The molecule has 3 aromatic rings. The molecule has 0 spiro atoms. The van der Waals surface area contributed by atoms with Gasteiger partial charge in [-0.2, -0.15) is 13.2 Å². The van der Waals surface area contributed by atoms with Gasteiger partial charge in [0.25, 0.3) is 5.91 Å². The van der Waals surface area contributed by atoms with Gasteiger partial charge in [0.1, 0.15) is 28.7 Å². The molecule has 1 heterocycles. The third-order valence-electron chi connectivity index (χ3n) is 4.13. The van der Waals surface area contributed by atoms with Crippen LogP contribution < -0.4 is 10.1 Å². The number of hydrogen-bond donors (Lipinski definition) is 1. The number of benzene rings is 2. The fraction of sp³-hybridized carbons (Fsp3) is 0.143. The number of nitrogens with zero attached hydrogens (tertiary/aromatic N) is 1. The van der Waals surface area contributed by atoms with Crippen LogP contribution in [0.2, 0.25) is 0 Å². The van der Waals surface area contributed by atoms with Gasteiger partial charge >= 0.3 is 6.18 Å². The van der Waals surface area contributed by atoms with E-state index in [1.54, 1.807) is 0 Å². The lowest BCUT2D eigenvalue weighted by Gasteiger charge is -2.14. The number of halogens is 5. The maximum Gasteiger partial charge on any atom is 0.421 e. The van der Waals surface area contributed by atoms with Crippen molar-refractivity contribution in [3.05, 3.63) is 82.7 Å². The van der Waals surface area contributed by atoms with Crippen molar-refractivity contribution >= 4 is 11.6 Å². The Hall–Kier alpha value is -3.49. The zero-order chi connectivity index (χ0) is 22.1. The predicted octanol–water partition coefficient (Wildman–Crippen LogP) is 6.04. The van der Waals surface area contributed by atoms with Crippen molar-refractivity contribution in [2.45, 2.75) is 20.0 Å². The van der Waals surface area contributed by atoms with E-state index in [-0.39, 0.29) is 22.6 Å². The molecule has 1 N–H and O–H groups in total. The summed E-state index contributed by atoms with van der Waals surface area (Å²) >= 11 is 0. The Morgan fingerprint density at radius 1 is 1.03 bits per heavy atom. The standard InChI is InChI=1S/C21H15F5N2O2/c1-11-7-13(22)9-17(23)19(11)20(29)28-14-3-5-15(6-4-14)30-18-8-12(2)27-10-16(18)21(24,25)26/h3-10H,1-2H3,(H,28,29). The summed E-state index contributed by atoms with van der Waals surface area (Å²) in [5.41, 5.74) is -0.611. The number of ether oxygens (including phenoxy) is 1. The van der Waals surface area contributed by atoms with Crippen LogP contribution in [0.25, 0.3) is 0 Å². The van der Waals surface area contributed by atoms with Crippen LogP contribution in [-0.2, 0) is 6.18 Å². The van der Waals surface area contributed by atoms with Crippen LogP contribution in [0.15, 0.2) is 48.7 Å². The van der Waals surface area contributed by atoms with Crippen LogP contribution in [-0.4, -0.2) is 10.9 Å². The van der Waals surface area contributed by atoms with E-state index < -0.39 is 35.0 Å². The lowest BCUT2D eigenvalue weighted by Crippen LogP contribution is -2.15. The number of carbonyl (C=O) groups is 1. The molecule has 0 aliphatic rings. The fourth-order valence-corrected chi connectivity index (χ4v) is 2.75. The van der Waals surface area contributed by atoms with Crippen molar-refractivity contribution in [1.29, 1.82) is 0 Å². The Morgan fingerprint density at radius 2 is 1.70 bits per heavy atom. The van der Waals surface area contributed by atoms with Gasteiger partial charge in [-0.25, -0.2) is 8.78 Å². The molecule has 4 nitrogen and oxygen atoms in total. The first-order valence-electron chi connectivity index (χ1n) is 8.63. The smallest absolute Gasteiger partial charge is 0.421 e. The lowest BCUT2D eigenvalue weighted by molar-refractivity contribution is -0.138. The average molecular weight is 422 g/mol. The molecule has 0 saturated carbocycles. The van der Waals surface area contributed by atoms with Gasteiger partial charge < -0.3 is 10.1 Å². The molecule has 0 aliphatic heterocycles. The Balaban J connectivity index is 1.78. The van der Waals surface area contributed by atoms with E-state index in [0.29, 0.717) is 18.0 Å². The summed E-state index contributed by atoms with van der Waals surface area (Å²) in [6.07, 6.45) is -3.94. The van der Waals surface area contributed by atoms with E-state index >= 15 is 0 Å². The molecule has 0 fully saturated rings. The monoisotopic (exact) mass is 422 g/mol. The van der Waals surface area contributed by atoms with Crippen LogP contribution in [0.1, 0.15) is 27.2 Å². The Morgan fingerprint density at radius 3 is 2.30 bits per heavy atom. The van der Waals surface area contributed by atoms with Crippen LogP contribution in [0, 0.1) is 25.5 Å². The van der Waals surface area contributed by atoms with E-state index in [1.165, 1.54) is 44.2 Å². The van der Waals surface area contributed by atoms with Gasteiger partial charge in [-0.3, -0.25) is 9.78 Å². The van der Waals surface area contributed by atoms with Crippen LogP contribution >= 0.6 is 0 Å². The first kappa shape index (κ1) is 21.2. The second-order valence-electron chi connectivity index (χ2n) is 6.48. The second kappa shape index (κ2) is 8.10. The van der Waals surface area contributed by atoms with Crippen LogP contribution in [0.3, 0.4) is 0 Å². The van der Waals surface area contributed by atoms with Crippen molar-refractivity contribution in [2.75, 3.05) is 5.32 Å². The van der Waals surface area contributed by atoms with Crippen LogP contribution in [0.5, 0.6) is 11.5 Å². The highest BCUT2D eigenvalue weighted by molar-refractivity contribution is 6.05. The summed E-state index contributed by atoms with van der Waals surface area (Å²) in [5.74, 6) is -2.91. The number of amides is 1. The van der Waals surface area contributed by atoms with Crippen molar-refractivity contribution in [1.82, 2.24) is 4.98 Å². The van der Waals surface area contributed by atoms with Gasteiger partial charge in [-0.1, -0.05) is 0 Å². The number of pyridine rings is 1. The number of carbonyl (C=O) groups excluding carboxylic acids is 1. The second-order valence-corrected chi connectivity index (χ2v) is 6.48. The minimum atomic E-state index is -4.64. The van der Waals surface area contributed by atoms with Crippen molar-refractivity contribution in [2.24, 2.45) is 0 Å². The minimum Gasteiger partial charge on any atom is -0.457 e. The molecule has 0 unspecified atom stereocenters. The first-order valence-corrected chi connectivity index (χ1v) is 8.63. The molecule has 3 rings (SSSR count).